The van der Waals surface area contributed by atoms with Gasteiger partial charge in [-0.1, -0.05) is 0 Å². The molecule has 22 heavy (non-hydrogen) atoms. The molecule has 0 aliphatic carbocycles. The molecule has 0 radical (unpaired) electrons. The van der Waals surface area contributed by atoms with Crippen LogP contribution in [0.25, 0.3) is 0 Å². The number of carbonyl (C=O) groups is 2. The Bertz CT molecular complexity index is 476. The number of halogens is 4. The predicted molar refractivity (Wildman–Crippen MR) is 64.8 cm³/mol. The average molecular weight is 328 g/mol. The van der Waals surface area contributed by atoms with Crippen LogP contribution in [0.4, 0.5) is 22.4 Å². The molecule has 2 rings (SSSR count). The van der Waals surface area contributed by atoms with Crippen molar-refractivity contribution in [3.8, 4) is 0 Å². The second-order valence-corrected chi connectivity index (χ2v) is 5.51. The van der Waals surface area contributed by atoms with E-state index >= 15 is 4.39 Å². The number of rotatable bonds is 5. The first-order valence-electron chi connectivity index (χ1n) is 6.58. The number of amides is 3. The van der Waals surface area contributed by atoms with Gasteiger partial charge in [-0.25, -0.2) is 13.6 Å². The molecule has 6 nitrogen and oxygen atoms in total. The average Bonchev–Trinajstić information content (AvgIpc) is 2.91. The molecule has 2 saturated heterocycles. The molecular weight excluding hydrogens is 312 g/mol. The Morgan fingerprint density at radius 2 is 1.86 bits per heavy atom. The third-order valence-corrected chi connectivity index (χ3v) is 4.57. The number of aliphatic hydroxyl groups excluding tert-OH is 1. The molecule has 2 unspecified atom stereocenters. The van der Waals surface area contributed by atoms with Crippen molar-refractivity contribution in [2.45, 2.75) is 17.7 Å². The second kappa shape index (κ2) is 5.65. The summed E-state index contributed by atoms with van der Waals surface area (Å²) in [7, 11) is 0. The zero-order valence-electron chi connectivity index (χ0n) is 11.6. The molecule has 0 aromatic carbocycles. The van der Waals surface area contributed by atoms with Crippen molar-refractivity contribution in [1.29, 1.82) is 0 Å². The highest BCUT2D eigenvalue weighted by atomic mass is 19.2. The van der Waals surface area contributed by atoms with Crippen LogP contribution in [0.3, 0.4) is 0 Å². The fourth-order valence-electron chi connectivity index (χ4n) is 3.09. The molecule has 2 N–H and O–H groups in total. The Balaban J connectivity index is 2.52. The van der Waals surface area contributed by atoms with E-state index in [0.717, 1.165) is 0 Å². The van der Waals surface area contributed by atoms with Crippen molar-refractivity contribution in [3.63, 3.8) is 0 Å². The van der Waals surface area contributed by atoms with Gasteiger partial charge in [-0.2, -0.15) is 0 Å². The number of urea groups is 1. The number of nitrogens with one attached hydrogen (secondary N) is 1. The molecule has 2 heterocycles. The lowest BCUT2D eigenvalue weighted by Gasteiger charge is -2.50. The number of alkyl halides is 4. The van der Waals surface area contributed by atoms with Crippen molar-refractivity contribution >= 4 is 11.9 Å². The van der Waals surface area contributed by atoms with Crippen LogP contribution < -0.4 is 5.32 Å². The van der Waals surface area contributed by atoms with E-state index in [0.29, 0.717) is 4.90 Å². The lowest BCUT2D eigenvalue weighted by molar-refractivity contribution is -0.201. The van der Waals surface area contributed by atoms with Gasteiger partial charge in [-0.15, -0.1) is 0 Å². The van der Waals surface area contributed by atoms with E-state index < -0.39 is 61.9 Å². The molecule has 2 atom stereocenters. The Morgan fingerprint density at radius 3 is 2.36 bits per heavy atom. The maximum absolute atomic E-state index is 15.4. The highest BCUT2D eigenvalue weighted by molar-refractivity contribution is 6.02. The minimum Gasteiger partial charge on any atom is -0.376 e. The zero-order chi connectivity index (χ0) is 16.6. The molecule has 0 saturated carbocycles. The standard InChI is InChI=1S/C12H16F4N2O4/c13-3-10(4-14)1-2-22-12(10,5-15)11(16)6-18(7-19)9(21)17-8(11)20/h19H,1-7H2,(H,17,20,21). The third kappa shape index (κ3) is 1.93. The molecule has 0 aromatic heterocycles. The van der Waals surface area contributed by atoms with Crippen LogP contribution in [0.15, 0.2) is 0 Å². The van der Waals surface area contributed by atoms with Crippen molar-refractivity contribution in [3.05, 3.63) is 0 Å². The molecule has 2 aliphatic rings. The summed E-state index contributed by atoms with van der Waals surface area (Å²) in [6, 6.07) is -1.08. The summed E-state index contributed by atoms with van der Waals surface area (Å²) >= 11 is 0. The number of ether oxygens (including phenoxy) is 1. The molecule has 3 amide bonds. The van der Waals surface area contributed by atoms with Gasteiger partial charge < -0.3 is 9.84 Å². The fraction of sp³-hybridized carbons (Fsp3) is 0.833. The molecule has 126 valence electrons. The van der Waals surface area contributed by atoms with Crippen LogP contribution in [0.5, 0.6) is 0 Å². The lowest BCUT2D eigenvalue weighted by Crippen LogP contribution is -2.76. The van der Waals surface area contributed by atoms with Crippen molar-refractivity contribution in [2.24, 2.45) is 5.41 Å². The smallest absolute Gasteiger partial charge is 0.326 e. The first-order valence-corrected chi connectivity index (χ1v) is 6.58. The van der Waals surface area contributed by atoms with Gasteiger partial charge in [0.05, 0.1) is 12.0 Å². The maximum Gasteiger partial charge on any atom is 0.326 e. The lowest BCUT2D eigenvalue weighted by atomic mass is 9.65. The summed E-state index contributed by atoms with van der Waals surface area (Å²) in [6.07, 6.45) is -0.310. The molecular formula is C12H16F4N2O4. The monoisotopic (exact) mass is 328 g/mol. The van der Waals surface area contributed by atoms with Crippen molar-refractivity contribution < 1.29 is 37.0 Å². The van der Waals surface area contributed by atoms with E-state index in [1.165, 1.54) is 0 Å². The summed E-state index contributed by atoms with van der Waals surface area (Å²) in [6.45, 7) is -6.86. The molecule has 0 bridgehead atoms. The van der Waals surface area contributed by atoms with Crippen LogP contribution in [-0.2, 0) is 9.53 Å². The van der Waals surface area contributed by atoms with E-state index in [1.54, 1.807) is 5.32 Å². The molecule has 2 aliphatic heterocycles. The van der Waals surface area contributed by atoms with Gasteiger partial charge in [0.25, 0.3) is 5.91 Å². The van der Waals surface area contributed by atoms with E-state index in [1.807, 2.05) is 0 Å². The van der Waals surface area contributed by atoms with Gasteiger partial charge >= 0.3 is 6.03 Å². The first-order chi connectivity index (χ1) is 10.4. The Hall–Kier alpha value is -1.42. The number of hydrogen-bond acceptors (Lipinski definition) is 4. The number of hydrogen-bond donors (Lipinski definition) is 2. The Labute approximate surface area is 123 Å². The van der Waals surface area contributed by atoms with Crippen LogP contribution >= 0.6 is 0 Å². The summed E-state index contributed by atoms with van der Waals surface area (Å²) in [5.74, 6) is -1.53. The van der Waals surface area contributed by atoms with Crippen LogP contribution in [-0.4, -0.2) is 73.1 Å². The normalized spacial score (nSPS) is 34.9. The molecule has 0 spiro atoms. The Kier molecular flexibility index (Phi) is 4.35. The third-order valence-electron chi connectivity index (χ3n) is 4.57. The van der Waals surface area contributed by atoms with Gasteiger partial charge in [-0.05, 0) is 6.42 Å². The minimum absolute atomic E-state index is 0.310. The summed E-state index contributed by atoms with van der Waals surface area (Å²) in [4.78, 5) is 23.9. The van der Waals surface area contributed by atoms with Crippen molar-refractivity contribution in [2.75, 3.05) is 39.9 Å². The molecule has 10 heteroatoms. The zero-order valence-corrected chi connectivity index (χ0v) is 11.6. The summed E-state index contributed by atoms with van der Waals surface area (Å²) in [5, 5.41) is 10.6. The van der Waals surface area contributed by atoms with E-state index in [4.69, 9.17) is 9.84 Å². The van der Waals surface area contributed by atoms with E-state index in [9.17, 15) is 22.8 Å². The molecule has 2 fully saturated rings. The maximum atomic E-state index is 15.4. The summed E-state index contributed by atoms with van der Waals surface area (Å²) < 4.78 is 61.0. The SMILES string of the molecule is O=C1NC(=O)C(F)(C2(CF)OCCC2(CF)CF)CN1CO. The second-order valence-electron chi connectivity index (χ2n) is 5.51. The predicted octanol–water partition coefficient (Wildman–Crippen LogP) is 0.250. The van der Waals surface area contributed by atoms with Gasteiger partial charge in [0.2, 0.25) is 5.67 Å². The number of carbonyl (C=O) groups excluding carboxylic acids is 2. The largest absolute Gasteiger partial charge is 0.376 e. The molecule has 0 aromatic rings. The van der Waals surface area contributed by atoms with Crippen LogP contribution in [0.2, 0.25) is 0 Å². The van der Waals surface area contributed by atoms with Gasteiger partial charge in [-0.3, -0.25) is 23.8 Å². The Morgan fingerprint density at radius 1 is 1.23 bits per heavy atom. The highest BCUT2D eigenvalue weighted by Gasteiger charge is 2.73. The van der Waals surface area contributed by atoms with Crippen molar-refractivity contribution in [1.82, 2.24) is 10.2 Å². The number of imide groups is 1. The number of aliphatic hydroxyl groups is 1. The topological polar surface area (TPSA) is 78.9 Å². The highest BCUT2D eigenvalue weighted by Crippen LogP contribution is 2.53. The van der Waals surface area contributed by atoms with E-state index in [-0.39, 0.29) is 13.0 Å². The van der Waals surface area contributed by atoms with Crippen LogP contribution in [0.1, 0.15) is 6.42 Å². The fourth-order valence-corrected chi connectivity index (χ4v) is 3.09. The number of nitrogens with zero attached hydrogens (tertiary/aromatic N) is 1. The van der Waals surface area contributed by atoms with Gasteiger partial charge in [0, 0.05) is 6.61 Å². The summed E-state index contributed by atoms with van der Waals surface area (Å²) in [5.41, 5.74) is -8.11. The quantitative estimate of drug-likeness (QED) is 0.709. The first kappa shape index (κ1) is 16.9. The van der Waals surface area contributed by atoms with E-state index in [2.05, 4.69) is 0 Å². The minimum atomic E-state index is -3.23. The van der Waals surface area contributed by atoms with Gasteiger partial charge in [0.15, 0.2) is 5.60 Å². The van der Waals surface area contributed by atoms with Gasteiger partial charge in [0.1, 0.15) is 26.8 Å². The van der Waals surface area contributed by atoms with Crippen LogP contribution in [0, 0.1) is 5.41 Å².